The van der Waals surface area contributed by atoms with E-state index < -0.39 is 21.3 Å². The maximum atomic E-state index is 6.45. The van der Waals surface area contributed by atoms with E-state index in [0.717, 1.165) is 17.9 Å². The number of allylic oxidation sites excluding steroid dienone is 4. The van der Waals surface area contributed by atoms with E-state index in [9.17, 15) is 0 Å². The molecule has 2 heteroatoms. The van der Waals surface area contributed by atoms with Crippen molar-refractivity contribution < 1.29 is 21.3 Å². The SMILES string of the molecule is Cc1cc2c(cc1C(C)(C)C)-c1cc(C(C)(C)C)c(C)[c](/[Zr]([C]3=CC=CC3)=[C](/c3ccccc3)c3ccc(Cl)cc3)c1C2. The van der Waals surface area contributed by atoms with Gasteiger partial charge in [0, 0.05) is 0 Å². The molecule has 0 fully saturated rings. The van der Waals surface area contributed by atoms with Crippen molar-refractivity contribution in [1.29, 1.82) is 0 Å². The number of fused-ring (bicyclic) bond motifs is 3. The summed E-state index contributed by atoms with van der Waals surface area (Å²) in [5.74, 6) is 0. The molecule has 0 aliphatic heterocycles. The van der Waals surface area contributed by atoms with E-state index >= 15 is 0 Å². The summed E-state index contributed by atoms with van der Waals surface area (Å²) in [6.07, 6.45) is 9.17. The van der Waals surface area contributed by atoms with Gasteiger partial charge in [0.2, 0.25) is 0 Å². The third-order valence-electron chi connectivity index (χ3n) is 9.21. The second kappa shape index (κ2) is 11.4. The van der Waals surface area contributed by atoms with Crippen LogP contribution in [0.15, 0.2) is 94.3 Å². The monoisotopic (exact) mass is 660 g/mol. The van der Waals surface area contributed by atoms with Crippen LogP contribution in [0.5, 0.6) is 0 Å². The second-order valence-corrected chi connectivity index (χ2v) is 20.7. The topological polar surface area (TPSA) is 0 Å². The van der Waals surface area contributed by atoms with Gasteiger partial charge in [-0.2, -0.15) is 0 Å². The van der Waals surface area contributed by atoms with Crippen molar-refractivity contribution in [2.24, 2.45) is 0 Å². The van der Waals surface area contributed by atoms with Gasteiger partial charge >= 0.3 is 273 Å². The predicted molar refractivity (Wildman–Crippen MR) is 184 cm³/mol. The van der Waals surface area contributed by atoms with Crippen molar-refractivity contribution in [3.8, 4) is 11.1 Å². The minimum atomic E-state index is -2.78. The first-order chi connectivity index (χ1) is 20.3. The zero-order chi connectivity index (χ0) is 30.7. The molecule has 0 heterocycles. The summed E-state index contributed by atoms with van der Waals surface area (Å²) in [6.45, 7) is 18.9. The van der Waals surface area contributed by atoms with Gasteiger partial charge in [-0.1, -0.05) is 0 Å². The molecule has 0 amide bonds. The zero-order valence-electron chi connectivity index (χ0n) is 27.0. The average molecular weight is 662 g/mol. The van der Waals surface area contributed by atoms with Crippen LogP contribution in [0.4, 0.5) is 0 Å². The zero-order valence-corrected chi connectivity index (χ0v) is 30.2. The number of halogens is 1. The van der Waals surface area contributed by atoms with Crippen LogP contribution in [0.2, 0.25) is 5.02 Å². The van der Waals surface area contributed by atoms with E-state index in [2.05, 4.69) is 146 Å². The summed E-state index contributed by atoms with van der Waals surface area (Å²) in [5, 5.41) is 0.787. The molecule has 0 bridgehead atoms. The summed E-state index contributed by atoms with van der Waals surface area (Å²) >= 11 is 3.67. The Labute approximate surface area is 271 Å². The van der Waals surface area contributed by atoms with Crippen LogP contribution < -0.4 is 3.27 Å². The van der Waals surface area contributed by atoms with Crippen LogP contribution in [-0.2, 0) is 38.5 Å². The fourth-order valence-corrected chi connectivity index (χ4v) is 15.8. The minimum absolute atomic E-state index is 0.0396. The summed E-state index contributed by atoms with van der Waals surface area (Å²) in [6, 6.07) is 27.4. The molecule has 0 unspecified atom stereocenters. The van der Waals surface area contributed by atoms with Crippen LogP contribution in [-0.4, -0.2) is 3.21 Å². The average Bonchev–Trinajstić information content (AvgIpc) is 3.59. The maximum absolute atomic E-state index is 6.45. The Hall–Kier alpha value is -2.60. The molecule has 0 nitrogen and oxygen atoms in total. The van der Waals surface area contributed by atoms with E-state index in [-0.39, 0.29) is 10.8 Å². The molecule has 43 heavy (non-hydrogen) atoms. The van der Waals surface area contributed by atoms with Gasteiger partial charge in [0.1, 0.15) is 0 Å². The summed E-state index contributed by atoms with van der Waals surface area (Å²) in [4.78, 5) is 0. The van der Waals surface area contributed by atoms with Gasteiger partial charge in [0.25, 0.3) is 0 Å². The molecule has 0 aromatic heterocycles. The number of hydrogen-bond acceptors (Lipinski definition) is 0. The molecule has 0 radical (unpaired) electrons. The summed E-state index contributed by atoms with van der Waals surface area (Å²) < 4.78 is 4.88. The van der Waals surface area contributed by atoms with Crippen molar-refractivity contribution in [3.63, 3.8) is 0 Å². The Morgan fingerprint density at radius 3 is 1.98 bits per heavy atom. The quantitative estimate of drug-likeness (QED) is 0.180. The Morgan fingerprint density at radius 1 is 0.744 bits per heavy atom. The van der Waals surface area contributed by atoms with Crippen molar-refractivity contribution in [2.75, 3.05) is 0 Å². The number of rotatable bonds is 4. The molecule has 2 aliphatic carbocycles. The van der Waals surface area contributed by atoms with Gasteiger partial charge in [0.15, 0.2) is 0 Å². The third-order valence-corrected chi connectivity index (χ3v) is 17.5. The molecular formula is C41H43ClZr. The molecule has 0 spiro atoms. The van der Waals surface area contributed by atoms with Gasteiger partial charge in [0.05, 0.1) is 0 Å². The van der Waals surface area contributed by atoms with Gasteiger partial charge in [-0.3, -0.25) is 0 Å². The van der Waals surface area contributed by atoms with Gasteiger partial charge in [-0.25, -0.2) is 0 Å². The second-order valence-electron chi connectivity index (χ2n) is 14.4. The first kappa shape index (κ1) is 30.4. The first-order valence-electron chi connectivity index (χ1n) is 15.6. The van der Waals surface area contributed by atoms with Gasteiger partial charge in [-0.05, 0) is 0 Å². The molecule has 4 aromatic carbocycles. The molecule has 6 rings (SSSR count). The van der Waals surface area contributed by atoms with Crippen LogP contribution >= 0.6 is 11.6 Å². The number of benzene rings is 4. The Morgan fingerprint density at radius 2 is 1.37 bits per heavy atom. The number of aryl methyl sites for hydroxylation is 1. The van der Waals surface area contributed by atoms with Crippen molar-refractivity contribution in [3.05, 3.63) is 144 Å². The Balaban J connectivity index is 1.77. The van der Waals surface area contributed by atoms with E-state index in [4.69, 9.17) is 11.6 Å². The van der Waals surface area contributed by atoms with E-state index in [1.807, 2.05) is 0 Å². The fraction of sp³-hybridized carbons (Fsp3) is 0.293. The first-order valence-corrected chi connectivity index (χ1v) is 19.6. The van der Waals surface area contributed by atoms with Crippen molar-refractivity contribution in [2.45, 2.75) is 79.1 Å². The third kappa shape index (κ3) is 5.69. The number of hydrogen-bond donors (Lipinski definition) is 0. The van der Waals surface area contributed by atoms with Crippen LogP contribution in [0, 0.1) is 13.8 Å². The van der Waals surface area contributed by atoms with E-state index in [1.54, 1.807) is 15.3 Å². The molecule has 2 aliphatic rings. The normalized spacial score (nSPS) is 14.9. The predicted octanol–water partition coefficient (Wildman–Crippen LogP) is 10.5. The van der Waals surface area contributed by atoms with Crippen molar-refractivity contribution >= 4 is 18.1 Å². The molecule has 0 saturated heterocycles. The van der Waals surface area contributed by atoms with E-state index in [0.29, 0.717) is 0 Å². The standard InChI is InChI=1S/C23H29.C13H9Cl.C5H5.Zr/c1-14-9-16-11-17-10-15(2)21(23(6,7)8)13-19(17)18(16)12-20(14)22(3,4)5;14-13-8-6-12(7-9-13)10-11-4-2-1-3-5-11;1-2-4-5-3-1;/h9,12-13H,11H2,1-8H3;1-9H;1-3H,4H2;. The molecule has 0 atom stereocenters. The van der Waals surface area contributed by atoms with Crippen LogP contribution in [0.1, 0.15) is 92.5 Å². The molecule has 218 valence electrons. The molecule has 0 saturated carbocycles. The van der Waals surface area contributed by atoms with E-state index in [1.165, 1.54) is 50.1 Å². The summed E-state index contributed by atoms with van der Waals surface area (Å²) in [5.41, 5.74) is 14.7. The van der Waals surface area contributed by atoms with Gasteiger partial charge in [-0.15, -0.1) is 0 Å². The van der Waals surface area contributed by atoms with Crippen molar-refractivity contribution in [1.82, 2.24) is 0 Å². The Bertz CT molecular complexity index is 1820. The van der Waals surface area contributed by atoms with Gasteiger partial charge < -0.3 is 0 Å². The molecular weight excluding hydrogens is 619 g/mol. The summed E-state index contributed by atoms with van der Waals surface area (Å²) in [7, 11) is 0. The molecule has 4 aromatic rings. The van der Waals surface area contributed by atoms with Crippen LogP contribution in [0.25, 0.3) is 11.1 Å². The fourth-order valence-electron chi connectivity index (χ4n) is 7.30. The Kier molecular flexibility index (Phi) is 8.07. The molecule has 0 N–H and O–H groups in total. The van der Waals surface area contributed by atoms with Crippen LogP contribution in [0.3, 0.4) is 0 Å².